The number of carboxylic acids is 3. The third-order valence-corrected chi connectivity index (χ3v) is 4.96. The Morgan fingerprint density at radius 3 is 1.85 bits per heavy atom. The summed E-state index contributed by atoms with van der Waals surface area (Å²) >= 11 is 0. The van der Waals surface area contributed by atoms with Crippen LogP contribution in [0.3, 0.4) is 0 Å². The van der Waals surface area contributed by atoms with Crippen LogP contribution in [0.25, 0.3) is 0 Å². The summed E-state index contributed by atoms with van der Waals surface area (Å²) < 4.78 is 0. The van der Waals surface area contributed by atoms with E-state index in [1.54, 1.807) is 0 Å². The number of hydrogen-bond acceptors (Lipinski definition) is 8. The molecule has 4 amide bonds. The monoisotopic (exact) mass is 487 g/mol. The molecule has 1 aliphatic rings. The lowest BCUT2D eigenvalue weighted by Gasteiger charge is -2.24. The summed E-state index contributed by atoms with van der Waals surface area (Å²) in [5.74, 6) is -7.75. The number of hydrogen-bond donors (Lipinski definition) is 8. The van der Waals surface area contributed by atoms with Gasteiger partial charge >= 0.3 is 17.9 Å². The van der Waals surface area contributed by atoms with Crippen LogP contribution in [-0.2, 0) is 33.6 Å². The quantitative estimate of drug-likeness (QED) is 0.115. The molecule has 0 aromatic carbocycles. The van der Waals surface area contributed by atoms with E-state index >= 15 is 0 Å². The highest BCUT2D eigenvalue weighted by Crippen LogP contribution is 2.08. The van der Waals surface area contributed by atoms with Gasteiger partial charge in [-0.15, -0.1) is 0 Å². The molecule has 4 atom stereocenters. The Kier molecular flexibility index (Phi) is 11.4. The summed E-state index contributed by atoms with van der Waals surface area (Å²) in [6.07, 6.45) is -1.20. The van der Waals surface area contributed by atoms with E-state index in [4.69, 9.17) is 21.1 Å². The Labute approximate surface area is 193 Å². The molecule has 15 heteroatoms. The largest absolute Gasteiger partial charge is 0.481 e. The number of primary amides is 1. The summed E-state index contributed by atoms with van der Waals surface area (Å²) in [7, 11) is 0. The number of aliphatic carboxylic acids is 3. The maximum Gasteiger partial charge on any atom is 0.326 e. The highest BCUT2D eigenvalue weighted by molar-refractivity contribution is 5.95. The van der Waals surface area contributed by atoms with Crippen LogP contribution in [0.15, 0.2) is 0 Å². The van der Waals surface area contributed by atoms with Gasteiger partial charge in [0.15, 0.2) is 0 Å². The van der Waals surface area contributed by atoms with E-state index in [-0.39, 0.29) is 19.3 Å². The predicted molar refractivity (Wildman–Crippen MR) is 112 cm³/mol. The Morgan fingerprint density at radius 2 is 1.38 bits per heavy atom. The van der Waals surface area contributed by atoms with Crippen LogP contribution >= 0.6 is 0 Å². The zero-order valence-electron chi connectivity index (χ0n) is 18.2. The van der Waals surface area contributed by atoms with Gasteiger partial charge < -0.3 is 42.3 Å². The molecule has 1 aliphatic heterocycles. The number of nitrogens with two attached hydrogens (primary N) is 1. The molecule has 4 unspecified atom stereocenters. The molecule has 9 N–H and O–H groups in total. The van der Waals surface area contributed by atoms with Gasteiger partial charge in [0.25, 0.3) is 0 Å². The normalized spacial score (nSPS) is 17.6. The Hall–Kier alpha value is -3.75. The third kappa shape index (κ3) is 10.2. The molecule has 0 radical (unpaired) electrons. The first-order chi connectivity index (χ1) is 15.9. The van der Waals surface area contributed by atoms with Crippen molar-refractivity contribution in [3.63, 3.8) is 0 Å². The van der Waals surface area contributed by atoms with Crippen LogP contribution < -0.4 is 27.0 Å². The number of carbonyl (C=O) groups is 7. The molecule has 0 spiro atoms. The number of amides is 4. The van der Waals surface area contributed by atoms with Gasteiger partial charge in [-0.3, -0.25) is 28.8 Å². The number of carboxylic acid groups (broad SMARTS) is 3. The number of nitrogens with one attached hydrogen (secondary N) is 4. The summed E-state index contributed by atoms with van der Waals surface area (Å²) in [5, 5.41) is 36.5. The van der Waals surface area contributed by atoms with Crippen LogP contribution in [-0.4, -0.2) is 87.6 Å². The van der Waals surface area contributed by atoms with E-state index in [0.717, 1.165) is 6.42 Å². The summed E-state index contributed by atoms with van der Waals surface area (Å²) in [4.78, 5) is 82.0. The lowest BCUT2D eigenvalue weighted by Crippen LogP contribution is -2.57. The molecule has 1 heterocycles. The van der Waals surface area contributed by atoms with Crippen LogP contribution in [0.1, 0.15) is 44.9 Å². The molecule has 0 saturated carbocycles. The van der Waals surface area contributed by atoms with Crippen molar-refractivity contribution in [2.45, 2.75) is 69.1 Å². The van der Waals surface area contributed by atoms with Gasteiger partial charge in [0.2, 0.25) is 23.6 Å². The maximum atomic E-state index is 12.8. The van der Waals surface area contributed by atoms with Gasteiger partial charge in [0.1, 0.15) is 18.1 Å². The van der Waals surface area contributed by atoms with Crippen molar-refractivity contribution in [3.05, 3.63) is 0 Å². The Balaban J connectivity index is 2.98. The average Bonchev–Trinajstić information content (AvgIpc) is 3.27. The highest BCUT2D eigenvalue weighted by atomic mass is 16.4. The molecule has 1 fully saturated rings. The fraction of sp³-hybridized carbons (Fsp3) is 0.632. The van der Waals surface area contributed by atoms with Crippen molar-refractivity contribution in [1.29, 1.82) is 0 Å². The molecule has 190 valence electrons. The molecule has 34 heavy (non-hydrogen) atoms. The second-order valence-corrected chi connectivity index (χ2v) is 7.71. The topological polar surface area (TPSA) is 254 Å². The molecular weight excluding hydrogens is 458 g/mol. The van der Waals surface area contributed by atoms with E-state index < -0.39 is 78.5 Å². The number of rotatable bonds is 15. The van der Waals surface area contributed by atoms with Gasteiger partial charge in [-0.05, 0) is 32.2 Å². The van der Waals surface area contributed by atoms with Crippen LogP contribution in [0.5, 0.6) is 0 Å². The average molecular weight is 487 g/mol. The predicted octanol–water partition coefficient (Wildman–Crippen LogP) is -3.12. The Morgan fingerprint density at radius 1 is 0.824 bits per heavy atom. The highest BCUT2D eigenvalue weighted by Gasteiger charge is 2.32. The van der Waals surface area contributed by atoms with Crippen molar-refractivity contribution in [1.82, 2.24) is 21.3 Å². The minimum Gasteiger partial charge on any atom is -0.481 e. The van der Waals surface area contributed by atoms with Crippen LogP contribution in [0.4, 0.5) is 0 Å². The maximum absolute atomic E-state index is 12.8. The minimum atomic E-state index is -1.81. The van der Waals surface area contributed by atoms with Gasteiger partial charge in [0, 0.05) is 12.8 Å². The molecule has 1 saturated heterocycles. The van der Waals surface area contributed by atoms with Crippen molar-refractivity contribution < 1.29 is 48.9 Å². The van der Waals surface area contributed by atoms with Gasteiger partial charge in [-0.25, -0.2) is 4.79 Å². The Bertz CT molecular complexity index is 811. The first-order valence-electron chi connectivity index (χ1n) is 10.5. The first kappa shape index (κ1) is 28.3. The molecule has 1 rings (SSSR count). The fourth-order valence-corrected chi connectivity index (χ4v) is 3.19. The second kappa shape index (κ2) is 13.7. The molecule has 0 bridgehead atoms. The standard InChI is InChI=1S/C19H29N5O10/c20-13(25)5-3-10(18(32)24-12(19(33)34)8-15(28)29)23-17(31)11(4-6-14(26)27)22-16(30)9-2-1-7-21-9/h9-12,21H,1-8H2,(H2,20,25)(H,22,30)(H,23,31)(H,24,32)(H,26,27)(H,28,29)(H,33,34). The van der Waals surface area contributed by atoms with Crippen molar-refractivity contribution in [2.24, 2.45) is 5.73 Å². The second-order valence-electron chi connectivity index (χ2n) is 7.71. The summed E-state index contributed by atoms with van der Waals surface area (Å²) in [6, 6.07) is -5.23. The summed E-state index contributed by atoms with van der Waals surface area (Å²) in [5.41, 5.74) is 5.08. The van der Waals surface area contributed by atoms with E-state index in [2.05, 4.69) is 16.0 Å². The van der Waals surface area contributed by atoms with E-state index in [0.29, 0.717) is 13.0 Å². The lowest BCUT2D eigenvalue weighted by atomic mass is 10.1. The van der Waals surface area contributed by atoms with Crippen molar-refractivity contribution >= 4 is 41.5 Å². The van der Waals surface area contributed by atoms with E-state index in [1.165, 1.54) is 0 Å². The first-order valence-corrected chi connectivity index (χ1v) is 10.5. The number of carbonyl (C=O) groups excluding carboxylic acids is 4. The molecule has 0 aliphatic carbocycles. The van der Waals surface area contributed by atoms with Crippen LogP contribution in [0, 0.1) is 0 Å². The van der Waals surface area contributed by atoms with Gasteiger partial charge in [0.05, 0.1) is 12.5 Å². The molecular formula is C19H29N5O10. The smallest absolute Gasteiger partial charge is 0.326 e. The van der Waals surface area contributed by atoms with Crippen molar-refractivity contribution in [3.8, 4) is 0 Å². The fourth-order valence-electron chi connectivity index (χ4n) is 3.19. The lowest BCUT2D eigenvalue weighted by molar-refractivity contribution is -0.147. The third-order valence-electron chi connectivity index (χ3n) is 4.96. The molecule has 15 nitrogen and oxygen atoms in total. The zero-order valence-corrected chi connectivity index (χ0v) is 18.2. The van der Waals surface area contributed by atoms with E-state index in [9.17, 15) is 33.6 Å². The molecule has 0 aromatic heterocycles. The zero-order chi connectivity index (χ0) is 25.8. The SMILES string of the molecule is NC(=O)CCC(NC(=O)C(CCC(=O)O)NC(=O)C1CCCN1)C(=O)NC(CC(=O)O)C(=O)O. The minimum absolute atomic E-state index is 0.305. The van der Waals surface area contributed by atoms with Gasteiger partial charge in [-0.1, -0.05) is 0 Å². The van der Waals surface area contributed by atoms with Gasteiger partial charge in [-0.2, -0.15) is 0 Å². The van der Waals surface area contributed by atoms with Crippen LogP contribution in [0.2, 0.25) is 0 Å². The summed E-state index contributed by atoms with van der Waals surface area (Å²) in [6.45, 7) is 0.598. The molecule has 0 aromatic rings. The van der Waals surface area contributed by atoms with E-state index in [1.807, 2.05) is 5.32 Å². The van der Waals surface area contributed by atoms with Crippen molar-refractivity contribution in [2.75, 3.05) is 6.54 Å².